The van der Waals surface area contributed by atoms with Crippen LogP contribution in [0.3, 0.4) is 0 Å². The lowest BCUT2D eigenvalue weighted by molar-refractivity contribution is -0.134. The molecule has 3 aliphatic heterocycles. The van der Waals surface area contributed by atoms with Crippen LogP contribution in [0, 0.1) is 0 Å². The maximum absolute atomic E-state index is 13.3. The summed E-state index contributed by atoms with van der Waals surface area (Å²) >= 11 is 3.49. The molecule has 0 aliphatic carbocycles. The summed E-state index contributed by atoms with van der Waals surface area (Å²) in [4.78, 5) is 69.1. The molecule has 7 rings (SSSR count). The molecule has 15 nitrogen and oxygen atoms in total. The highest BCUT2D eigenvalue weighted by Crippen LogP contribution is 2.33. The molecule has 4 N–H and O–H groups in total. The maximum Gasteiger partial charge on any atom is 0.249 e. The fraction of sp³-hybridized carbons (Fsp3) is 0.375. The second-order valence-corrected chi connectivity index (χ2v) is 15.0. The minimum Gasteiger partial charge on any atom is -0.494 e. The van der Waals surface area contributed by atoms with Crippen molar-refractivity contribution in [1.82, 2.24) is 30.1 Å². The number of hydrogen-bond donors (Lipinski definition) is 4. The molecular weight excluding hydrogens is 780 g/mol. The molecule has 292 valence electrons. The molecule has 1 atom stereocenters. The van der Waals surface area contributed by atoms with Crippen LogP contribution < -0.4 is 30.9 Å². The number of amides is 3. The van der Waals surface area contributed by atoms with E-state index in [1.54, 1.807) is 25.6 Å². The fourth-order valence-corrected chi connectivity index (χ4v) is 7.60. The number of anilines is 6. The van der Waals surface area contributed by atoms with E-state index in [1.807, 2.05) is 41.3 Å². The Morgan fingerprint density at radius 2 is 1.66 bits per heavy atom. The molecule has 0 saturated carbocycles. The molecule has 5 heterocycles. The standard InChI is InChI=1S/C40H45BrN10O5/c1-25(52)29-5-3-4-6-31(29)45-38-30(41)22-43-40(48-38)46-33-23-42-35(21-34(33)56-2)50-17-19-51(20-18-50)37(54)24-49-15-13-27(14-16-49)26-7-9-28(10-8-26)44-32-11-12-36(53)47-39(32)55/h3-10,21-23,27,32,44H,11-20,24H2,1-2H3,(H,47,53,55)(H2,43,45,46,48). The monoisotopic (exact) mass is 824 g/mol. The lowest BCUT2D eigenvalue weighted by atomic mass is 9.89. The first kappa shape index (κ1) is 38.7. The molecule has 3 saturated heterocycles. The van der Waals surface area contributed by atoms with E-state index >= 15 is 0 Å². The predicted octanol–water partition coefficient (Wildman–Crippen LogP) is 5.08. The number of likely N-dealkylation sites (tertiary alicyclic amines) is 1. The second-order valence-electron chi connectivity index (χ2n) is 14.2. The van der Waals surface area contributed by atoms with Gasteiger partial charge in [-0.1, -0.05) is 24.3 Å². The summed E-state index contributed by atoms with van der Waals surface area (Å²) in [6, 6.07) is 16.9. The van der Waals surface area contributed by atoms with Crippen LogP contribution in [0.4, 0.5) is 34.6 Å². The van der Waals surface area contributed by atoms with Crippen LogP contribution in [0.25, 0.3) is 0 Å². The summed E-state index contributed by atoms with van der Waals surface area (Å²) in [5, 5.41) is 12.0. The largest absolute Gasteiger partial charge is 0.494 e. The molecule has 2 aromatic heterocycles. The van der Waals surface area contributed by atoms with Crippen LogP contribution in [0.1, 0.15) is 54.4 Å². The first-order valence-corrected chi connectivity index (χ1v) is 19.6. The molecule has 2 aromatic carbocycles. The van der Waals surface area contributed by atoms with E-state index in [0.29, 0.717) is 90.4 Å². The fourth-order valence-electron chi connectivity index (χ4n) is 7.31. The SMILES string of the molecule is COc1cc(N2CCN(C(=O)CN3CCC(c4ccc(NC5CCC(=O)NC5=O)cc4)CC3)CC2)ncc1Nc1ncc(Br)c(Nc2ccccc2C(C)=O)n1. The minimum absolute atomic E-state index is 0.0578. The number of ketones is 1. The number of carbonyl (C=O) groups is 4. The number of rotatable bonds is 12. The van der Waals surface area contributed by atoms with Crippen molar-refractivity contribution in [2.75, 3.05) is 73.8 Å². The van der Waals surface area contributed by atoms with Gasteiger partial charge in [-0.25, -0.2) is 9.97 Å². The average Bonchev–Trinajstić information content (AvgIpc) is 3.21. The number of hydrogen-bond acceptors (Lipinski definition) is 13. The molecule has 0 bridgehead atoms. The summed E-state index contributed by atoms with van der Waals surface area (Å²) in [7, 11) is 1.59. The van der Waals surface area contributed by atoms with Gasteiger partial charge in [-0.05, 0) is 91.0 Å². The van der Waals surface area contributed by atoms with Crippen molar-refractivity contribution in [2.45, 2.75) is 44.6 Å². The van der Waals surface area contributed by atoms with Gasteiger partial charge in [-0.15, -0.1) is 0 Å². The number of carbonyl (C=O) groups excluding carboxylic acids is 4. The van der Waals surface area contributed by atoms with Gasteiger partial charge in [0.05, 0.1) is 30.0 Å². The van der Waals surface area contributed by atoms with Crippen molar-refractivity contribution in [2.24, 2.45) is 0 Å². The van der Waals surface area contributed by atoms with Crippen LogP contribution >= 0.6 is 15.9 Å². The summed E-state index contributed by atoms with van der Waals surface area (Å²) in [6.07, 6.45) is 6.09. The predicted molar refractivity (Wildman–Crippen MR) is 217 cm³/mol. The van der Waals surface area contributed by atoms with Crippen molar-refractivity contribution in [3.63, 3.8) is 0 Å². The Hall–Kier alpha value is -5.61. The van der Waals surface area contributed by atoms with Crippen molar-refractivity contribution < 1.29 is 23.9 Å². The van der Waals surface area contributed by atoms with Gasteiger partial charge < -0.3 is 30.5 Å². The van der Waals surface area contributed by atoms with Gasteiger partial charge in [0.15, 0.2) is 5.78 Å². The normalized spacial score (nSPS) is 17.9. The number of nitrogens with zero attached hydrogens (tertiary/aromatic N) is 6. The maximum atomic E-state index is 13.3. The number of aromatic nitrogens is 3. The third-order valence-corrected chi connectivity index (χ3v) is 11.1. The number of pyridine rings is 1. The highest BCUT2D eigenvalue weighted by Gasteiger charge is 2.28. The van der Waals surface area contributed by atoms with Gasteiger partial charge in [-0.2, -0.15) is 4.98 Å². The Bertz CT molecular complexity index is 2080. The van der Waals surface area contributed by atoms with E-state index in [9.17, 15) is 19.2 Å². The number of ether oxygens (including phenoxy) is 1. The zero-order valence-corrected chi connectivity index (χ0v) is 33.0. The topological polar surface area (TPSA) is 174 Å². The van der Waals surface area contributed by atoms with E-state index in [0.717, 1.165) is 37.4 Å². The first-order valence-electron chi connectivity index (χ1n) is 18.8. The molecule has 56 heavy (non-hydrogen) atoms. The molecule has 3 amide bonds. The van der Waals surface area contributed by atoms with Crippen LogP contribution in [0.2, 0.25) is 0 Å². The Morgan fingerprint density at radius 3 is 2.38 bits per heavy atom. The number of imide groups is 1. The number of nitrogens with one attached hydrogen (secondary N) is 4. The van der Waals surface area contributed by atoms with Crippen LogP contribution in [-0.4, -0.2) is 107 Å². The zero-order valence-electron chi connectivity index (χ0n) is 31.4. The summed E-state index contributed by atoms with van der Waals surface area (Å²) < 4.78 is 6.35. The lowest BCUT2D eigenvalue weighted by Crippen LogP contribution is -2.52. The van der Waals surface area contributed by atoms with Gasteiger partial charge >= 0.3 is 0 Å². The van der Waals surface area contributed by atoms with Gasteiger partial charge in [0.25, 0.3) is 0 Å². The van der Waals surface area contributed by atoms with Crippen LogP contribution in [0.15, 0.2) is 71.5 Å². The molecule has 3 aliphatic rings. The molecule has 3 fully saturated rings. The number of piperidine rings is 2. The lowest BCUT2D eigenvalue weighted by Gasteiger charge is -2.37. The highest BCUT2D eigenvalue weighted by atomic mass is 79.9. The third-order valence-electron chi connectivity index (χ3n) is 10.5. The third kappa shape index (κ3) is 9.25. The summed E-state index contributed by atoms with van der Waals surface area (Å²) in [5.74, 6) is 2.13. The van der Waals surface area contributed by atoms with E-state index in [-0.39, 0.29) is 23.5 Å². The van der Waals surface area contributed by atoms with Crippen LogP contribution in [-0.2, 0) is 14.4 Å². The summed E-state index contributed by atoms with van der Waals surface area (Å²) in [5.41, 5.74) is 3.90. The summed E-state index contributed by atoms with van der Waals surface area (Å²) in [6.45, 7) is 6.15. The number of benzene rings is 2. The molecule has 4 aromatic rings. The van der Waals surface area contributed by atoms with Gasteiger partial charge in [0.2, 0.25) is 23.7 Å². The highest BCUT2D eigenvalue weighted by molar-refractivity contribution is 9.10. The minimum atomic E-state index is -0.402. The Kier molecular flexibility index (Phi) is 12.1. The Morgan fingerprint density at radius 1 is 0.911 bits per heavy atom. The Labute approximate surface area is 333 Å². The number of methoxy groups -OCH3 is 1. The molecule has 1 unspecified atom stereocenters. The number of piperazine rings is 1. The van der Waals surface area contributed by atoms with Gasteiger partial charge in [0, 0.05) is 56.1 Å². The molecule has 0 spiro atoms. The van der Waals surface area contributed by atoms with E-state index in [2.05, 4.69) is 69.1 Å². The van der Waals surface area contributed by atoms with E-state index in [4.69, 9.17) is 9.72 Å². The van der Waals surface area contributed by atoms with Gasteiger partial charge in [0.1, 0.15) is 29.1 Å². The van der Waals surface area contributed by atoms with Gasteiger partial charge in [-0.3, -0.25) is 29.4 Å². The van der Waals surface area contributed by atoms with Crippen molar-refractivity contribution in [3.05, 3.63) is 82.6 Å². The van der Waals surface area contributed by atoms with Crippen molar-refractivity contribution in [3.8, 4) is 5.75 Å². The Balaban J connectivity index is 0.876. The van der Waals surface area contributed by atoms with E-state index < -0.39 is 6.04 Å². The molecular formula is C40H45BrN10O5. The molecule has 16 heteroatoms. The number of Topliss-reactive ketones (excluding diaryl/α,β-unsaturated/α-hetero) is 1. The number of para-hydroxylation sites is 1. The smallest absolute Gasteiger partial charge is 0.249 e. The quantitative estimate of drug-likeness (QED) is 0.110. The first-order chi connectivity index (χ1) is 27.1. The van der Waals surface area contributed by atoms with Crippen LogP contribution in [0.5, 0.6) is 5.75 Å². The molecule has 0 radical (unpaired) electrons. The second kappa shape index (κ2) is 17.5. The van der Waals surface area contributed by atoms with E-state index in [1.165, 1.54) is 12.5 Å². The average molecular weight is 826 g/mol. The van der Waals surface area contributed by atoms with Crippen molar-refractivity contribution >= 4 is 74.1 Å². The van der Waals surface area contributed by atoms with Crippen molar-refractivity contribution in [1.29, 1.82) is 0 Å². The zero-order chi connectivity index (χ0) is 39.2. The number of halogens is 1.